The lowest BCUT2D eigenvalue weighted by molar-refractivity contribution is 0.0313. The number of carbonyl (C=O) groups excluding carboxylic acids is 1. The van der Waals surface area contributed by atoms with Gasteiger partial charge in [0.25, 0.3) is 5.56 Å². The van der Waals surface area contributed by atoms with Crippen molar-refractivity contribution in [2.24, 2.45) is 0 Å². The number of aromatic nitrogens is 3. The van der Waals surface area contributed by atoms with Crippen molar-refractivity contribution >= 4 is 38.9 Å². The van der Waals surface area contributed by atoms with E-state index in [-0.39, 0.29) is 11.3 Å². The monoisotopic (exact) mass is 383 g/mol. The number of hydrogen-bond acceptors (Lipinski definition) is 7. The summed E-state index contributed by atoms with van der Waals surface area (Å²) in [5.41, 5.74) is 0.840. The summed E-state index contributed by atoms with van der Waals surface area (Å²) in [7, 11) is 0. The van der Waals surface area contributed by atoms with Crippen LogP contribution in [-0.2, 0) is 4.74 Å². The van der Waals surface area contributed by atoms with Gasteiger partial charge in [-0.1, -0.05) is 12.1 Å². The first-order valence-corrected chi connectivity index (χ1v) is 9.56. The normalized spacial score (nSPS) is 12.2. The molecule has 0 radical (unpaired) electrons. The Morgan fingerprint density at radius 1 is 1.23 bits per heavy atom. The molecule has 0 saturated heterocycles. The number of fused-ring (bicyclic) bond motifs is 1. The Morgan fingerprint density at radius 2 is 2.12 bits per heavy atom. The van der Waals surface area contributed by atoms with Crippen molar-refractivity contribution in [3.05, 3.63) is 69.2 Å². The third kappa shape index (κ3) is 3.04. The number of ether oxygens (including phenoxy) is 1. The van der Waals surface area contributed by atoms with Gasteiger partial charge in [0.15, 0.2) is 11.9 Å². The molecule has 0 spiro atoms. The standard InChI is InChI=1S/C18H13N3O3S2/c1-10(24-18(23)12-5-2-3-7-19-12)15-20-16(22)14-11(9-26-17(14)21-15)13-6-4-8-25-13/h2-10H,1H3,(H,20,21,22)/t10-/m1/s1. The molecule has 0 unspecified atom stereocenters. The summed E-state index contributed by atoms with van der Waals surface area (Å²) in [6.45, 7) is 1.67. The van der Waals surface area contributed by atoms with E-state index in [2.05, 4.69) is 15.0 Å². The Hall–Kier alpha value is -2.84. The average molecular weight is 383 g/mol. The van der Waals surface area contributed by atoms with Crippen LogP contribution in [0.3, 0.4) is 0 Å². The SMILES string of the molecule is C[C@@H](OC(=O)c1ccccn1)c1nc2scc(-c3cccs3)c2c(=O)[nH]1. The molecule has 0 aliphatic rings. The van der Waals surface area contributed by atoms with Gasteiger partial charge in [0.2, 0.25) is 0 Å². The molecule has 8 heteroatoms. The molecule has 26 heavy (non-hydrogen) atoms. The minimum Gasteiger partial charge on any atom is -0.450 e. The first-order chi connectivity index (χ1) is 12.6. The number of H-pyrrole nitrogens is 1. The molecule has 0 fully saturated rings. The topological polar surface area (TPSA) is 84.9 Å². The first-order valence-electron chi connectivity index (χ1n) is 7.81. The van der Waals surface area contributed by atoms with Crippen molar-refractivity contribution in [2.45, 2.75) is 13.0 Å². The van der Waals surface area contributed by atoms with E-state index < -0.39 is 12.1 Å². The van der Waals surface area contributed by atoms with Crippen molar-refractivity contribution in [3.63, 3.8) is 0 Å². The molecular weight excluding hydrogens is 370 g/mol. The zero-order valence-corrected chi connectivity index (χ0v) is 15.3. The van der Waals surface area contributed by atoms with Crippen LogP contribution in [0, 0.1) is 0 Å². The number of carbonyl (C=O) groups is 1. The van der Waals surface area contributed by atoms with E-state index in [1.807, 2.05) is 22.9 Å². The molecular formula is C18H13N3O3S2. The second-order valence-electron chi connectivity index (χ2n) is 5.52. The van der Waals surface area contributed by atoms with Crippen LogP contribution >= 0.6 is 22.7 Å². The molecule has 4 rings (SSSR count). The Morgan fingerprint density at radius 3 is 2.85 bits per heavy atom. The summed E-state index contributed by atoms with van der Waals surface area (Å²) in [5.74, 6) is -0.252. The van der Waals surface area contributed by atoms with Gasteiger partial charge in [-0.05, 0) is 30.5 Å². The highest BCUT2D eigenvalue weighted by Crippen LogP contribution is 2.33. The average Bonchev–Trinajstić information content (AvgIpc) is 3.31. The summed E-state index contributed by atoms with van der Waals surface area (Å²) in [6, 6.07) is 8.91. The fraction of sp³-hybridized carbons (Fsp3) is 0.111. The highest BCUT2D eigenvalue weighted by atomic mass is 32.1. The number of pyridine rings is 1. The van der Waals surface area contributed by atoms with E-state index in [4.69, 9.17) is 4.74 Å². The van der Waals surface area contributed by atoms with Crippen molar-refractivity contribution in [2.75, 3.05) is 0 Å². The fourth-order valence-corrected chi connectivity index (χ4v) is 4.30. The second kappa shape index (κ2) is 6.81. The first kappa shape index (κ1) is 16.6. The number of nitrogens with one attached hydrogen (secondary N) is 1. The van der Waals surface area contributed by atoms with Crippen LogP contribution < -0.4 is 5.56 Å². The molecule has 130 valence electrons. The second-order valence-corrected chi connectivity index (χ2v) is 7.33. The Balaban J connectivity index is 1.65. The van der Waals surface area contributed by atoms with Crippen LogP contribution in [0.1, 0.15) is 29.3 Å². The highest BCUT2D eigenvalue weighted by molar-refractivity contribution is 7.18. The number of hydrogen-bond donors (Lipinski definition) is 1. The van der Waals surface area contributed by atoms with Gasteiger partial charge >= 0.3 is 5.97 Å². The predicted molar refractivity (Wildman–Crippen MR) is 102 cm³/mol. The van der Waals surface area contributed by atoms with Crippen LogP contribution in [0.4, 0.5) is 0 Å². The van der Waals surface area contributed by atoms with Gasteiger partial charge < -0.3 is 9.72 Å². The summed E-state index contributed by atoms with van der Waals surface area (Å²) in [6.07, 6.45) is 0.819. The molecule has 1 N–H and O–H groups in total. The lowest BCUT2D eigenvalue weighted by Crippen LogP contribution is -2.17. The van der Waals surface area contributed by atoms with E-state index in [1.54, 1.807) is 36.5 Å². The van der Waals surface area contributed by atoms with Crippen molar-refractivity contribution in [1.29, 1.82) is 0 Å². The van der Waals surface area contributed by atoms with Crippen LogP contribution in [-0.4, -0.2) is 20.9 Å². The molecule has 4 heterocycles. The van der Waals surface area contributed by atoms with Crippen molar-refractivity contribution in [1.82, 2.24) is 15.0 Å². The molecule has 0 bridgehead atoms. The maximum Gasteiger partial charge on any atom is 0.357 e. The molecule has 1 atom stereocenters. The van der Waals surface area contributed by atoms with Crippen molar-refractivity contribution < 1.29 is 9.53 Å². The van der Waals surface area contributed by atoms with Crippen LogP contribution in [0.2, 0.25) is 0 Å². The number of nitrogens with zero attached hydrogens (tertiary/aromatic N) is 2. The number of esters is 1. The van der Waals surface area contributed by atoms with Crippen molar-refractivity contribution in [3.8, 4) is 10.4 Å². The minimum atomic E-state index is -0.700. The van der Waals surface area contributed by atoms with Gasteiger partial charge in [-0.3, -0.25) is 4.79 Å². The Kier molecular flexibility index (Phi) is 4.36. The molecule has 4 aromatic rings. The van der Waals surface area contributed by atoms with E-state index in [9.17, 15) is 9.59 Å². The van der Waals surface area contributed by atoms with Crippen LogP contribution in [0.15, 0.2) is 52.1 Å². The fourth-order valence-electron chi connectivity index (χ4n) is 2.53. The van der Waals surface area contributed by atoms with Crippen LogP contribution in [0.5, 0.6) is 0 Å². The maximum absolute atomic E-state index is 12.6. The van der Waals surface area contributed by atoms with E-state index in [1.165, 1.54) is 17.5 Å². The smallest absolute Gasteiger partial charge is 0.357 e. The molecule has 6 nitrogen and oxygen atoms in total. The molecule has 4 aromatic heterocycles. The predicted octanol–water partition coefficient (Wildman–Crippen LogP) is 4.03. The largest absolute Gasteiger partial charge is 0.450 e. The van der Waals surface area contributed by atoms with E-state index in [0.29, 0.717) is 16.0 Å². The quantitative estimate of drug-likeness (QED) is 0.538. The van der Waals surface area contributed by atoms with Gasteiger partial charge in [-0.25, -0.2) is 14.8 Å². The molecule has 0 aromatic carbocycles. The molecule has 0 amide bonds. The van der Waals surface area contributed by atoms with Gasteiger partial charge in [-0.15, -0.1) is 22.7 Å². The van der Waals surface area contributed by atoms with E-state index >= 15 is 0 Å². The lowest BCUT2D eigenvalue weighted by atomic mass is 10.2. The zero-order chi connectivity index (χ0) is 18.1. The summed E-state index contributed by atoms with van der Waals surface area (Å²) < 4.78 is 5.38. The molecule has 0 aliphatic heterocycles. The van der Waals surface area contributed by atoms with E-state index in [0.717, 1.165) is 10.4 Å². The van der Waals surface area contributed by atoms with Crippen LogP contribution in [0.25, 0.3) is 20.7 Å². The zero-order valence-electron chi connectivity index (χ0n) is 13.6. The molecule has 0 aliphatic carbocycles. The Bertz CT molecular complexity index is 1120. The summed E-state index contributed by atoms with van der Waals surface area (Å²) >= 11 is 2.97. The number of aromatic amines is 1. The molecule has 0 saturated carbocycles. The highest BCUT2D eigenvalue weighted by Gasteiger charge is 2.19. The number of thiophene rings is 2. The van der Waals surface area contributed by atoms with Gasteiger partial charge in [0.05, 0.1) is 5.39 Å². The summed E-state index contributed by atoms with van der Waals surface area (Å²) in [4.78, 5) is 37.6. The third-order valence-electron chi connectivity index (χ3n) is 3.79. The minimum absolute atomic E-state index is 0.207. The summed E-state index contributed by atoms with van der Waals surface area (Å²) in [5, 5.41) is 4.45. The van der Waals surface area contributed by atoms with Gasteiger partial charge in [-0.2, -0.15) is 0 Å². The van der Waals surface area contributed by atoms with Gasteiger partial charge in [0.1, 0.15) is 10.5 Å². The lowest BCUT2D eigenvalue weighted by Gasteiger charge is -2.12. The van der Waals surface area contributed by atoms with Gasteiger partial charge in [0, 0.05) is 22.0 Å². The maximum atomic E-state index is 12.6. The Labute approximate surface area is 156 Å². The third-order valence-corrected chi connectivity index (χ3v) is 5.57. The number of rotatable bonds is 4.